The minimum absolute atomic E-state index is 0.0137. The molecular weight excluding hydrogens is 416 g/mol. The molecule has 0 aromatic carbocycles. The lowest BCUT2D eigenvalue weighted by atomic mass is 9.71. The molecule has 0 aromatic heterocycles. The fraction of sp³-hybridized carbons (Fsp3) is 0.815. The molecule has 3 unspecified atom stereocenters. The molecule has 1 N–H and O–H groups in total. The van der Waals surface area contributed by atoms with Gasteiger partial charge in [0.15, 0.2) is 0 Å². The molecule has 1 aliphatic carbocycles. The Hall–Kier alpha value is -1.85. The summed E-state index contributed by atoms with van der Waals surface area (Å²) < 4.78 is 5.10. The summed E-state index contributed by atoms with van der Waals surface area (Å²) in [6.45, 7) is 16.2. The lowest BCUT2D eigenvalue weighted by molar-refractivity contribution is -0.140. The van der Waals surface area contributed by atoms with Gasteiger partial charge in [-0.3, -0.25) is 9.59 Å². The highest BCUT2D eigenvalue weighted by molar-refractivity contribution is 5.90. The number of rotatable bonds is 11. The van der Waals surface area contributed by atoms with Gasteiger partial charge in [-0.2, -0.15) is 0 Å². The molecule has 1 saturated carbocycles. The number of carbonyl (C=O) groups excluding carboxylic acids is 3. The Kier molecular flexibility index (Phi) is 12.2. The highest BCUT2D eigenvalue weighted by Crippen LogP contribution is 2.36. The van der Waals surface area contributed by atoms with Gasteiger partial charge in [0.2, 0.25) is 11.8 Å². The summed E-state index contributed by atoms with van der Waals surface area (Å²) in [5.41, 5.74) is 0.485. The van der Waals surface area contributed by atoms with E-state index in [-0.39, 0.29) is 41.6 Å². The van der Waals surface area contributed by atoms with Gasteiger partial charge in [-0.1, -0.05) is 66.9 Å². The van der Waals surface area contributed by atoms with Crippen molar-refractivity contribution in [2.24, 2.45) is 29.6 Å². The Labute approximate surface area is 201 Å². The molecule has 2 amide bonds. The number of hydrogen-bond acceptors (Lipinski definition) is 4. The molecule has 0 heterocycles. The van der Waals surface area contributed by atoms with E-state index in [1.807, 2.05) is 27.7 Å². The summed E-state index contributed by atoms with van der Waals surface area (Å²) in [5, 5.41) is 3.12. The van der Waals surface area contributed by atoms with Crippen LogP contribution in [-0.2, 0) is 19.1 Å². The van der Waals surface area contributed by atoms with Crippen LogP contribution in [0.25, 0.3) is 0 Å². The largest absolute Gasteiger partial charge is 0.463 e. The number of amides is 2. The van der Waals surface area contributed by atoms with E-state index in [0.29, 0.717) is 24.0 Å². The second-order valence-corrected chi connectivity index (χ2v) is 10.4. The molecule has 0 aliphatic heterocycles. The van der Waals surface area contributed by atoms with Crippen LogP contribution in [-0.4, -0.2) is 48.4 Å². The number of likely N-dealkylation sites (N-methyl/N-ethyl adjacent to an activating group) is 1. The number of ether oxygens (including phenoxy) is 1. The molecule has 1 rings (SSSR count). The van der Waals surface area contributed by atoms with Crippen LogP contribution < -0.4 is 5.32 Å². The summed E-state index contributed by atoms with van der Waals surface area (Å²) in [7, 11) is 1.76. The van der Waals surface area contributed by atoms with Crippen LogP contribution in [0.3, 0.4) is 0 Å². The molecule has 33 heavy (non-hydrogen) atoms. The Morgan fingerprint density at radius 2 is 1.64 bits per heavy atom. The van der Waals surface area contributed by atoms with Gasteiger partial charge >= 0.3 is 5.97 Å². The zero-order valence-electron chi connectivity index (χ0n) is 22.4. The Morgan fingerprint density at radius 1 is 1.03 bits per heavy atom. The lowest BCUT2D eigenvalue weighted by Gasteiger charge is -2.37. The van der Waals surface area contributed by atoms with Gasteiger partial charge in [-0.05, 0) is 50.4 Å². The maximum absolute atomic E-state index is 13.6. The summed E-state index contributed by atoms with van der Waals surface area (Å²) in [5.74, 6) is 0.422. The van der Waals surface area contributed by atoms with Crippen LogP contribution in [0.15, 0.2) is 11.6 Å². The standard InChI is InChI=1S/C27H48N2O4/c1-10-19(7)21-14-12-13-15-22(21)25(30)28-24(18(5)6)26(31)29(9)23(17(3)4)16-20(8)27(32)33-11-2/h16-19,21-24H,10-15H2,1-9H3,(H,28,30)/b20-16+/t19?,21?,22-,23+,24?/m0/s1. The molecule has 0 bridgehead atoms. The third-order valence-corrected chi connectivity index (χ3v) is 7.26. The summed E-state index contributed by atoms with van der Waals surface area (Å²) in [4.78, 5) is 40.7. The zero-order valence-corrected chi connectivity index (χ0v) is 22.4. The Bertz CT molecular complexity index is 686. The lowest BCUT2D eigenvalue weighted by Crippen LogP contribution is -2.55. The van der Waals surface area contributed by atoms with Gasteiger partial charge in [0.1, 0.15) is 6.04 Å². The molecule has 1 fully saturated rings. The van der Waals surface area contributed by atoms with Crippen LogP contribution in [0, 0.1) is 29.6 Å². The van der Waals surface area contributed by atoms with Crippen molar-refractivity contribution < 1.29 is 19.1 Å². The highest BCUT2D eigenvalue weighted by atomic mass is 16.5. The normalized spacial score (nSPS) is 22.0. The van der Waals surface area contributed by atoms with Crippen molar-refractivity contribution in [3.8, 4) is 0 Å². The van der Waals surface area contributed by atoms with Crippen molar-refractivity contribution in [3.63, 3.8) is 0 Å². The van der Waals surface area contributed by atoms with Crippen molar-refractivity contribution >= 4 is 17.8 Å². The van der Waals surface area contributed by atoms with Gasteiger partial charge < -0.3 is 15.0 Å². The molecule has 0 aromatic rings. The van der Waals surface area contributed by atoms with Crippen LogP contribution in [0.2, 0.25) is 0 Å². The first-order valence-electron chi connectivity index (χ1n) is 12.9. The third kappa shape index (κ3) is 8.15. The van der Waals surface area contributed by atoms with E-state index in [1.54, 1.807) is 31.9 Å². The first-order valence-corrected chi connectivity index (χ1v) is 12.9. The minimum Gasteiger partial charge on any atom is -0.463 e. The van der Waals surface area contributed by atoms with Crippen LogP contribution in [0.5, 0.6) is 0 Å². The highest BCUT2D eigenvalue weighted by Gasteiger charge is 2.37. The monoisotopic (exact) mass is 464 g/mol. The van der Waals surface area contributed by atoms with Crippen LogP contribution in [0.4, 0.5) is 0 Å². The molecule has 6 heteroatoms. The SMILES string of the molecule is CCOC(=O)/C(C)=C/[C@H](C(C)C)N(C)C(=O)C(NC(=O)[C@H]1CCCCC1C(C)CC)C(C)C. The molecule has 1 aliphatic rings. The van der Waals surface area contributed by atoms with E-state index in [9.17, 15) is 14.4 Å². The van der Waals surface area contributed by atoms with E-state index in [2.05, 4.69) is 19.2 Å². The quantitative estimate of drug-likeness (QED) is 0.346. The number of nitrogens with one attached hydrogen (secondary N) is 1. The Morgan fingerprint density at radius 3 is 2.15 bits per heavy atom. The van der Waals surface area contributed by atoms with Crippen molar-refractivity contribution in [1.82, 2.24) is 10.2 Å². The van der Waals surface area contributed by atoms with Crippen molar-refractivity contribution in [1.29, 1.82) is 0 Å². The van der Waals surface area contributed by atoms with E-state index in [0.717, 1.165) is 25.7 Å². The zero-order chi connectivity index (χ0) is 25.3. The molecule has 0 saturated heterocycles. The molecule has 5 atom stereocenters. The average Bonchev–Trinajstić information content (AvgIpc) is 2.78. The fourth-order valence-electron chi connectivity index (χ4n) is 4.93. The van der Waals surface area contributed by atoms with E-state index in [1.165, 1.54) is 6.42 Å². The molecule has 0 spiro atoms. The predicted molar refractivity (Wildman–Crippen MR) is 133 cm³/mol. The average molecular weight is 465 g/mol. The maximum atomic E-state index is 13.6. The topological polar surface area (TPSA) is 75.7 Å². The summed E-state index contributed by atoms with van der Waals surface area (Å²) in [6, 6.07) is -0.873. The molecule has 6 nitrogen and oxygen atoms in total. The molecular formula is C27H48N2O4. The van der Waals surface area contributed by atoms with Gasteiger partial charge in [0.05, 0.1) is 12.6 Å². The first-order chi connectivity index (χ1) is 15.5. The van der Waals surface area contributed by atoms with Crippen molar-refractivity contribution in [2.45, 2.75) is 99.6 Å². The van der Waals surface area contributed by atoms with Crippen molar-refractivity contribution in [3.05, 3.63) is 11.6 Å². The molecule has 0 radical (unpaired) electrons. The number of nitrogens with zero attached hydrogens (tertiary/aromatic N) is 1. The van der Waals surface area contributed by atoms with E-state index >= 15 is 0 Å². The fourth-order valence-corrected chi connectivity index (χ4v) is 4.93. The first kappa shape index (κ1) is 29.2. The smallest absolute Gasteiger partial charge is 0.333 e. The van der Waals surface area contributed by atoms with Crippen LogP contribution in [0.1, 0.15) is 87.5 Å². The van der Waals surface area contributed by atoms with Gasteiger partial charge in [-0.15, -0.1) is 0 Å². The Balaban J connectivity index is 3.07. The second kappa shape index (κ2) is 13.8. The number of hydrogen-bond donors (Lipinski definition) is 1. The number of esters is 1. The molecule has 190 valence electrons. The van der Waals surface area contributed by atoms with Gasteiger partial charge in [0, 0.05) is 18.5 Å². The van der Waals surface area contributed by atoms with Gasteiger partial charge in [-0.25, -0.2) is 4.79 Å². The predicted octanol–water partition coefficient (Wildman–Crippen LogP) is 4.97. The van der Waals surface area contributed by atoms with Crippen LogP contribution >= 0.6 is 0 Å². The minimum atomic E-state index is -0.598. The maximum Gasteiger partial charge on any atom is 0.333 e. The third-order valence-electron chi connectivity index (χ3n) is 7.26. The summed E-state index contributed by atoms with van der Waals surface area (Å²) >= 11 is 0. The van der Waals surface area contributed by atoms with E-state index in [4.69, 9.17) is 4.74 Å². The summed E-state index contributed by atoms with van der Waals surface area (Å²) in [6.07, 6.45) is 7.09. The second-order valence-electron chi connectivity index (χ2n) is 10.4. The van der Waals surface area contributed by atoms with Crippen molar-refractivity contribution in [2.75, 3.05) is 13.7 Å². The van der Waals surface area contributed by atoms with E-state index < -0.39 is 6.04 Å². The number of carbonyl (C=O) groups is 3. The van der Waals surface area contributed by atoms with Gasteiger partial charge in [0.25, 0.3) is 0 Å².